The van der Waals surface area contributed by atoms with Crippen LogP contribution in [0.1, 0.15) is 28.3 Å². The predicted molar refractivity (Wildman–Crippen MR) is 68.6 cm³/mol. The summed E-state index contributed by atoms with van der Waals surface area (Å²) in [5.74, 6) is 1.19. The summed E-state index contributed by atoms with van der Waals surface area (Å²) in [5.41, 5.74) is 1.47. The summed E-state index contributed by atoms with van der Waals surface area (Å²) >= 11 is 3.78. The number of thiophene rings is 1. The molecule has 1 heterocycles. The molecule has 0 aromatic carbocycles. The highest BCUT2D eigenvalue weighted by atomic mass is 32.2. The molecule has 0 fully saturated rings. The van der Waals surface area contributed by atoms with Gasteiger partial charge in [0.15, 0.2) is 0 Å². The summed E-state index contributed by atoms with van der Waals surface area (Å²) < 4.78 is 0. The molecule has 0 aliphatic rings. The molecule has 1 atom stereocenters. The quantitative estimate of drug-likeness (QED) is 0.777. The van der Waals surface area contributed by atoms with Crippen molar-refractivity contribution in [1.82, 2.24) is 5.32 Å². The molecule has 0 aliphatic heterocycles. The SMILES string of the molecule is CSCCNC(C)c1cc(C)sc1C. The Bertz CT molecular complexity index is 281. The van der Waals surface area contributed by atoms with Gasteiger partial charge in [-0.2, -0.15) is 11.8 Å². The highest BCUT2D eigenvalue weighted by molar-refractivity contribution is 7.98. The minimum absolute atomic E-state index is 0.493. The van der Waals surface area contributed by atoms with Crippen molar-refractivity contribution in [2.24, 2.45) is 0 Å². The van der Waals surface area contributed by atoms with E-state index in [9.17, 15) is 0 Å². The molecule has 0 amide bonds. The molecule has 0 saturated carbocycles. The van der Waals surface area contributed by atoms with E-state index in [2.05, 4.69) is 38.4 Å². The van der Waals surface area contributed by atoms with Gasteiger partial charge in [-0.15, -0.1) is 11.3 Å². The molecular formula is C11H19NS2. The topological polar surface area (TPSA) is 12.0 Å². The Morgan fingerprint density at radius 2 is 2.21 bits per heavy atom. The van der Waals surface area contributed by atoms with Gasteiger partial charge in [0.1, 0.15) is 0 Å². The van der Waals surface area contributed by atoms with E-state index in [0.29, 0.717) is 6.04 Å². The fourth-order valence-corrected chi connectivity index (χ4v) is 2.91. The van der Waals surface area contributed by atoms with Crippen molar-refractivity contribution in [2.75, 3.05) is 18.6 Å². The van der Waals surface area contributed by atoms with Crippen molar-refractivity contribution in [3.05, 3.63) is 21.4 Å². The van der Waals surface area contributed by atoms with Gasteiger partial charge in [0.05, 0.1) is 0 Å². The van der Waals surface area contributed by atoms with E-state index in [0.717, 1.165) is 6.54 Å². The van der Waals surface area contributed by atoms with Crippen molar-refractivity contribution < 1.29 is 0 Å². The Balaban J connectivity index is 2.51. The van der Waals surface area contributed by atoms with Gasteiger partial charge in [-0.05, 0) is 38.7 Å². The molecule has 80 valence electrons. The fraction of sp³-hybridized carbons (Fsp3) is 0.636. The highest BCUT2D eigenvalue weighted by Crippen LogP contribution is 2.25. The predicted octanol–water partition coefficient (Wildman–Crippen LogP) is 3.38. The van der Waals surface area contributed by atoms with Crippen molar-refractivity contribution in [2.45, 2.75) is 26.8 Å². The molecule has 0 spiro atoms. The van der Waals surface area contributed by atoms with Crippen LogP contribution >= 0.6 is 23.1 Å². The van der Waals surface area contributed by atoms with Gasteiger partial charge >= 0.3 is 0 Å². The number of hydrogen-bond acceptors (Lipinski definition) is 3. The molecule has 0 aliphatic carbocycles. The third kappa shape index (κ3) is 3.30. The minimum atomic E-state index is 0.493. The van der Waals surface area contributed by atoms with Crippen molar-refractivity contribution in [3.63, 3.8) is 0 Å². The summed E-state index contributed by atoms with van der Waals surface area (Å²) in [6.07, 6.45) is 2.15. The van der Waals surface area contributed by atoms with Crippen LogP contribution in [0.15, 0.2) is 6.07 Å². The van der Waals surface area contributed by atoms with Gasteiger partial charge in [-0.1, -0.05) is 0 Å². The largest absolute Gasteiger partial charge is 0.309 e. The molecule has 0 saturated heterocycles. The Kier molecular flexibility index (Phi) is 4.99. The zero-order valence-electron chi connectivity index (χ0n) is 9.39. The van der Waals surface area contributed by atoms with Gasteiger partial charge < -0.3 is 5.32 Å². The molecule has 1 aromatic heterocycles. The molecule has 1 aromatic rings. The number of rotatable bonds is 5. The molecule has 14 heavy (non-hydrogen) atoms. The lowest BCUT2D eigenvalue weighted by Crippen LogP contribution is -2.21. The first kappa shape index (κ1) is 12.1. The van der Waals surface area contributed by atoms with Crippen LogP contribution in [-0.4, -0.2) is 18.6 Å². The van der Waals surface area contributed by atoms with Crippen LogP contribution in [-0.2, 0) is 0 Å². The zero-order chi connectivity index (χ0) is 10.6. The summed E-state index contributed by atoms with van der Waals surface area (Å²) in [4.78, 5) is 2.86. The number of aryl methyl sites for hydroxylation is 2. The van der Waals surface area contributed by atoms with Crippen LogP contribution in [0.4, 0.5) is 0 Å². The van der Waals surface area contributed by atoms with E-state index in [1.165, 1.54) is 21.1 Å². The van der Waals surface area contributed by atoms with Gasteiger partial charge in [-0.25, -0.2) is 0 Å². The first-order valence-electron chi connectivity index (χ1n) is 4.94. The minimum Gasteiger partial charge on any atom is -0.309 e. The first-order chi connectivity index (χ1) is 6.65. The van der Waals surface area contributed by atoms with Gasteiger partial charge in [0.2, 0.25) is 0 Å². The van der Waals surface area contributed by atoms with Crippen LogP contribution in [0, 0.1) is 13.8 Å². The lowest BCUT2D eigenvalue weighted by molar-refractivity contribution is 0.600. The van der Waals surface area contributed by atoms with Crippen LogP contribution in [0.2, 0.25) is 0 Å². The van der Waals surface area contributed by atoms with Crippen LogP contribution in [0.3, 0.4) is 0 Å². The molecule has 0 bridgehead atoms. The first-order valence-corrected chi connectivity index (χ1v) is 7.15. The lowest BCUT2D eigenvalue weighted by Gasteiger charge is -2.13. The number of thioether (sulfide) groups is 1. The average Bonchev–Trinajstić information content (AvgIpc) is 2.45. The summed E-state index contributed by atoms with van der Waals surface area (Å²) in [7, 11) is 0. The van der Waals surface area contributed by atoms with Crippen LogP contribution < -0.4 is 5.32 Å². The monoisotopic (exact) mass is 229 g/mol. The Morgan fingerprint density at radius 3 is 2.71 bits per heavy atom. The third-order valence-corrected chi connectivity index (χ3v) is 3.90. The van der Waals surface area contributed by atoms with E-state index < -0.39 is 0 Å². The number of nitrogens with one attached hydrogen (secondary N) is 1. The maximum absolute atomic E-state index is 3.54. The molecule has 1 N–H and O–H groups in total. The van der Waals surface area contributed by atoms with Crippen molar-refractivity contribution in [3.8, 4) is 0 Å². The Morgan fingerprint density at radius 1 is 1.50 bits per heavy atom. The van der Waals surface area contributed by atoms with Crippen LogP contribution in [0.5, 0.6) is 0 Å². The summed E-state index contributed by atoms with van der Waals surface area (Å²) in [5, 5.41) is 3.54. The van der Waals surface area contributed by atoms with Gasteiger partial charge in [0.25, 0.3) is 0 Å². The van der Waals surface area contributed by atoms with Crippen LogP contribution in [0.25, 0.3) is 0 Å². The second-order valence-electron chi connectivity index (χ2n) is 3.54. The van der Waals surface area contributed by atoms with E-state index in [1.54, 1.807) is 0 Å². The molecular weight excluding hydrogens is 210 g/mol. The molecule has 1 nitrogen and oxygen atoms in total. The molecule has 3 heteroatoms. The second kappa shape index (κ2) is 5.79. The maximum atomic E-state index is 3.54. The third-order valence-electron chi connectivity index (χ3n) is 2.30. The fourth-order valence-electron chi connectivity index (χ4n) is 1.57. The van der Waals surface area contributed by atoms with Gasteiger partial charge in [0, 0.05) is 28.1 Å². The highest BCUT2D eigenvalue weighted by Gasteiger charge is 2.09. The van der Waals surface area contributed by atoms with E-state index in [-0.39, 0.29) is 0 Å². The second-order valence-corrected chi connectivity index (χ2v) is 5.98. The summed E-state index contributed by atoms with van der Waals surface area (Å²) in [6.45, 7) is 7.72. The van der Waals surface area contributed by atoms with E-state index >= 15 is 0 Å². The standard InChI is InChI=1S/C11H19NS2/c1-8-7-11(10(3)14-8)9(2)12-5-6-13-4/h7,9,12H,5-6H2,1-4H3. The zero-order valence-corrected chi connectivity index (χ0v) is 11.0. The molecule has 1 rings (SSSR count). The van der Waals surface area contributed by atoms with Crippen molar-refractivity contribution >= 4 is 23.1 Å². The van der Waals surface area contributed by atoms with E-state index in [4.69, 9.17) is 0 Å². The Hall–Kier alpha value is 0.01000. The van der Waals surface area contributed by atoms with E-state index in [1.807, 2.05) is 23.1 Å². The smallest absolute Gasteiger partial charge is 0.0303 e. The summed E-state index contributed by atoms with van der Waals surface area (Å²) in [6, 6.07) is 2.80. The van der Waals surface area contributed by atoms with Gasteiger partial charge in [-0.3, -0.25) is 0 Å². The maximum Gasteiger partial charge on any atom is 0.0303 e. The Labute approximate surface area is 95.3 Å². The lowest BCUT2D eigenvalue weighted by atomic mass is 10.1. The molecule has 1 unspecified atom stereocenters. The number of hydrogen-bond donors (Lipinski definition) is 1. The van der Waals surface area contributed by atoms with Crippen molar-refractivity contribution in [1.29, 1.82) is 0 Å². The normalized spacial score (nSPS) is 13.1. The molecule has 0 radical (unpaired) electrons. The average molecular weight is 229 g/mol.